The zero-order chi connectivity index (χ0) is 25.6. The van der Waals surface area contributed by atoms with Crippen molar-refractivity contribution in [2.75, 3.05) is 6.61 Å². The van der Waals surface area contributed by atoms with Gasteiger partial charge in [0.25, 0.3) is 0 Å². The van der Waals surface area contributed by atoms with Crippen molar-refractivity contribution in [1.82, 2.24) is 0 Å². The van der Waals surface area contributed by atoms with Crippen LogP contribution in [0.2, 0.25) is 0 Å². The van der Waals surface area contributed by atoms with Gasteiger partial charge >= 0.3 is 6.18 Å². The zero-order valence-corrected chi connectivity index (χ0v) is 20.9. The van der Waals surface area contributed by atoms with Gasteiger partial charge in [-0.05, 0) is 97.4 Å². The molecule has 0 aliphatic heterocycles. The molecule has 0 aromatic heterocycles. The molecule has 0 radical (unpaired) electrons. The maximum Gasteiger partial charge on any atom is 0.417 e. The summed E-state index contributed by atoms with van der Waals surface area (Å²) in [5, 5.41) is 20.4. The van der Waals surface area contributed by atoms with Crippen LogP contribution in [-0.2, 0) is 13.0 Å². The van der Waals surface area contributed by atoms with Crippen LogP contribution < -0.4 is 4.74 Å². The van der Waals surface area contributed by atoms with Gasteiger partial charge in [0.15, 0.2) is 5.60 Å². The Morgan fingerprint density at radius 1 is 1.06 bits per heavy atom. The summed E-state index contributed by atoms with van der Waals surface area (Å²) in [5.74, 6) is 0.805. The second-order valence-corrected chi connectivity index (χ2v) is 11.5. The van der Waals surface area contributed by atoms with Crippen LogP contribution in [0, 0.1) is 23.2 Å². The number of aliphatic hydroxyl groups excluding tert-OH is 1. The quantitative estimate of drug-likeness (QED) is 0.409. The van der Waals surface area contributed by atoms with Crippen LogP contribution in [-0.4, -0.2) is 28.6 Å². The average molecular weight is 503 g/mol. The first kappa shape index (κ1) is 25.6. The summed E-state index contributed by atoms with van der Waals surface area (Å²) in [7, 11) is 0. The molecular formula is C30H37F3O3. The predicted octanol–water partition coefficient (Wildman–Crippen LogP) is 6.80. The highest BCUT2D eigenvalue weighted by Gasteiger charge is 2.73. The fourth-order valence-electron chi connectivity index (χ4n) is 7.97. The minimum absolute atomic E-state index is 0.0479. The Bertz CT molecular complexity index is 1060. The van der Waals surface area contributed by atoms with Crippen molar-refractivity contribution >= 4 is 0 Å². The van der Waals surface area contributed by atoms with Crippen molar-refractivity contribution in [3.05, 3.63) is 65.2 Å². The zero-order valence-electron chi connectivity index (χ0n) is 20.9. The van der Waals surface area contributed by atoms with E-state index in [-0.39, 0.29) is 36.7 Å². The van der Waals surface area contributed by atoms with Crippen molar-refractivity contribution in [2.24, 2.45) is 23.2 Å². The first-order valence-electron chi connectivity index (χ1n) is 13.4. The van der Waals surface area contributed by atoms with E-state index in [1.807, 2.05) is 36.4 Å². The first-order chi connectivity index (χ1) is 17.2. The number of halogens is 3. The number of hydrogen-bond donors (Lipinski definition) is 2. The van der Waals surface area contributed by atoms with Gasteiger partial charge in [0, 0.05) is 12.0 Å². The maximum atomic E-state index is 14.3. The van der Waals surface area contributed by atoms with Gasteiger partial charge in [-0.25, -0.2) is 0 Å². The molecule has 3 aliphatic carbocycles. The van der Waals surface area contributed by atoms with Crippen LogP contribution in [0.1, 0.15) is 74.5 Å². The van der Waals surface area contributed by atoms with Gasteiger partial charge in [-0.1, -0.05) is 49.7 Å². The number of fused-ring (bicyclic) bond motifs is 5. The van der Waals surface area contributed by atoms with Gasteiger partial charge in [-0.3, -0.25) is 0 Å². The summed E-state index contributed by atoms with van der Waals surface area (Å²) in [6.07, 6.45) is -0.258. The van der Waals surface area contributed by atoms with E-state index in [9.17, 15) is 23.4 Å². The number of aliphatic hydroxyl groups is 2. The lowest BCUT2D eigenvalue weighted by Gasteiger charge is -2.54. The molecule has 36 heavy (non-hydrogen) atoms. The number of hydrogen-bond acceptors (Lipinski definition) is 3. The second-order valence-electron chi connectivity index (χ2n) is 11.5. The summed E-state index contributed by atoms with van der Waals surface area (Å²) < 4.78 is 49.0. The fourth-order valence-corrected chi connectivity index (χ4v) is 7.97. The summed E-state index contributed by atoms with van der Waals surface area (Å²) in [6.45, 7) is 2.24. The van der Waals surface area contributed by atoms with E-state index in [0.29, 0.717) is 38.7 Å². The molecule has 2 saturated carbocycles. The van der Waals surface area contributed by atoms with E-state index in [1.165, 1.54) is 11.1 Å². The van der Waals surface area contributed by atoms with Crippen LogP contribution in [0.25, 0.3) is 0 Å². The summed E-state index contributed by atoms with van der Waals surface area (Å²) in [6, 6.07) is 16.3. The Morgan fingerprint density at radius 2 is 1.83 bits per heavy atom. The van der Waals surface area contributed by atoms with E-state index >= 15 is 0 Å². The normalized spacial score (nSPS) is 33.5. The molecule has 0 saturated heterocycles. The Morgan fingerprint density at radius 3 is 2.56 bits per heavy atom. The second kappa shape index (κ2) is 9.68. The lowest BCUT2D eigenvalue weighted by Crippen LogP contribution is -2.58. The van der Waals surface area contributed by atoms with Gasteiger partial charge in [-0.15, -0.1) is 0 Å². The highest BCUT2D eigenvalue weighted by atomic mass is 19.4. The van der Waals surface area contributed by atoms with Crippen molar-refractivity contribution in [2.45, 2.75) is 82.6 Å². The molecule has 3 nitrogen and oxygen atoms in total. The first-order valence-corrected chi connectivity index (χ1v) is 13.4. The SMILES string of the molecule is C[C@@]12CCC3c4ccc(OCc5ccccc5)cc4CCC3C1[C@@H](CCCCO)C[C@]2(O)C(F)(F)F. The van der Waals surface area contributed by atoms with Crippen LogP contribution in [0.5, 0.6) is 5.75 Å². The molecule has 2 aromatic carbocycles. The van der Waals surface area contributed by atoms with Gasteiger partial charge in [-0.2, -0.15) is 13.2 Å². The van der Waals surface area contributed by atoms with Crippen molar-refractivity contribution in [3.63, 3.8) is 0 Å². The van der Waals surface area contributed by atoms with Crippen LogP contribution in [0.4, 0.5) is 13.2 Å². The lowest BCUT2D eigenvalue weighted by atomic mass is 9.52. The molecule has 2 fully saturated rings. The molecule has 6 heteroatoms. The monoisotopic (exact) mass is 502 g/mol. The van der Waals surface area contributed by atoms with Gasteiger partial charge in [0.1, 0.15) is 12.4 Å². The Balaban J connectivity index is 1.40. The third-order valence-corrected chi connectivity index (χ3v) is 9.66. The fraction of sp³-hybridized carbons (Fsp3) is 0.600. The van der Waals surface area contributed by atoms with Crippen molar-refractivity contribution in [3.8, 4) is 5.75 Å². The smallest absolute Gasteiger partial charge is 0.417 e. The Labute approximate surface area is 211 Å². The van der Waals surface area contributed by atoms with Crippen LogP contribution in [0.15, 0.2) is 48.5 Å². The molecule has 0 heterocycles. The number of alkyl halides is 3. The van der Waals surface area contributed by atoms with Gasteiger partial charge < -0.3 is 14.9 Å². The largest absolute Gasteiger partial charge is 0.489 e. The molecule has 3 aliphatic rings. The third-order valence-electron chi connectivity index (χ3n) is 9.66. The molecule has 196 valence electrons. The predicted molar refractivity (Wildman–Crippen MR) is 133 cm³/mol. The molecule has 0 spiro atoms. The molecule has 5 rings (SSSR count). The number of unbranched alkanes of at least 4 members (excludes halogenated alkanes) is 1. The van der Waals surface area contributed by atoms with E-state index in [4.69, 9.17) is 4.74 Å². The molecule has 0 amide bonds. The summed E-state index contributed by atoms with van der Waals surface area (Å²) in [4.78, 5) is 0. The van der Waals surface area contributed by atoms with Crippen LogP contribution in [0.3, 0.4) is 0 Å². The molecular weight excluding hydrogens is 465 g/mol. The minimum Gasteiger partial charge on any atom is -0.489 e. The third kappa shape index (κ3) is 4.24. The topological polar surface area (TPSA) is 49.7 Å². The molecule has 2 N–H and O–H groups in total. The Hall–Kier alpha value is -2.05. The number of benzene rings is 2. The summed E-state index contributed by atoms with van der Waals surface area (Å²) in [5.41, 5.74) is -0.225. The number of rotatable bonds is 7. The van der Waals surface area contributed by atoms with E-state index in [2.05, 4.69) is 12.1 Å². The number of aryl methyl sites for hydroxylation is 1. The highest BCUT2D eigenvalue weighted by molar-refractivity contribution is 5.41. The van der Waals surface area contributed by atoms with Gasteiger partial charge in [0.2, 0.25) is 0 Å². The average Bonchev–Trinajstić information content (AvgIpc) is 3.10. The van der Waals surface area contributed by atoms with Gasteiger partial charge in [0.05, 0.1) is 0 Å². The maximum absolute atomic E-state index is 14.3. The lowest BCUT2D eigenvalue weighted by molar-refractivity contribution is -0.300. The number of ether oxygens (including phenoxy) is 1. The molecule has 2 aromatic rings. The summed E-state index contributed by atoms with van der Waals surface area (Å²) >= 11 is 0. The van der Waals surface area contributed by atoms with Crippen molar-refractivity contribution in [1.29, 1.82) is 0 Å². The molecule has 6 atom stereocenters. The Kier molecular flexibility index (Phi) is 6.88. The van der Waals surface area contributed by atoms with Crippen LogP contribution >= 0.6 is 0 Å². The van der Waals surface area contributed by atoms with E-state index in [1.54, 1.807) is 6.92 Å². The molecule has 3 unspecified atom stereocenters. The minimum atomic E-state index is -4.64. The highest BCUT2D eigenvalue weighted by Crippen LogP contribution is 2.69. The standard InChI is InChI=1S/C30H37F3O3/c1-28-15-14-25-24-13-11-23(36-19-20-7-3-2-4-8-20)17-21(24)10-12-26(25)27(28)22(9-5-6-16-34)18-29(28,35)30(31,32)33/h2-4,7-8,11,13,17,22,25-27,34-35H,5-6,9-10,12,14-16,18-19H2,1H3/t22-,25?,26?,27?,28+,29+/m0/s1. The molecule has 0 bridgehead atoms. The van der Waals surface area contributed by atoms with Crippen molar-refractivity contribution < 1.29 is 28.1 Å². The van der Waals surface area contributed by atoms with E-state index < -0.39 is 17.2 Å². The van der Waals surface area contributed by atoms with E-state index in [0.717, 1.165) is 24.2 Å².